The molecule has 4 nitrogen and oxygen atoms in total. The average molecular weight is 254 g/mol. The number of methoxy groups -OCH3 is 1. The van der Waals surface area contributed by atoms with E-state index in [4.69, 9.17) is 4.74 Å². The summed E-state index contributed by atoms with van der Waals surface area (Å²) in [6.45, 7) is 1.88. The number of aromatic nitrogens is 1. The van der Waals surface area contributed by atoms with Crippen LogP contribution in [0.2, 0.25) is 0 Å². The lowest BCUT2D eigenvalue weighted by Crippen LogP contribution is -2.21. The minimum atomic E-state index is -0.297. The van der Waals surface area contributed by atoms with E-state index >= 15 is 0 Å². The van der Waals surface area contributed by atoms with Crippen LogP contribution in [0.3, 0.4) is 0 Å². The van der Waals surface area contributed by atoms with Crippen molar-refractivity contribution in [3.8, 4) is 22.9 Å². The van der Waals surface area contributed by atoms with Crippen molar-refractivity contribution >= 4 is 0 Å². The summed E-state index contributed by atoms with van der Waals surface area (Å²) in [5.41, 5.74) is 2.11. The molecule has 1 aromatic carbocycles. The van der Waals surface area contributed by atoms with Crippen LogP contribution in [-0.2, 0) is 7.05 Å². The van der Waals surface area contributed by atoms with Crippen molar-refractivity contribution < 1.29 is 4.74 Å². The van der Waals surface area contributed by atoms with Crippen molar-refractivity contribution in [2.24, 2.45) is 7.05 Å². The Balaban J connectivity index is 2.87. The summed E-state index contributed by atoms with van der Waals surface area (Å²) in [6.07, 6.45) is 1.73. The molecular weight excluding hydrogens is 240 g/mol. The van der Waals surface area contributed by atoms with Gasteiger partial charge < -0.3 is 9.30 Å². The van der Waals surface area contributed by atoms with E-state index in [2.05, 4.69) is 0 Å². The second-order valence-electron chi connectivity index (χ2n) is 4.29. The van der Waals surface area contributed by atoms with E-state index in [1.165, 1.54) is 4.57 Å². The summed E-state index contributed by atoms with van der Waals surface area (Å²) in [7, 11) is 3.21. The van der Waals surface area contributed by atoms with E-state index in [1.54, 1.807) is 20.4 Å². The molecule has 2 rings (SSSR count). The number of aryl methyl sites for hydroxylation is 2. The fourth-order valence-electron chi connectivity index (χ4n) is 2.20. The molecule has 0 atom stereocenters. The highest BCUT2D eigenvalue weighted by molar-refractivity contribution is 5.77. The first kappa shape index (κ1) is 12.9. The molecule has 0 saturated heterocycles. The molecule has 0 fully saturated rings. The Morgan fingerprint density at radius 1 is 1.32 bits per heavy atom. The molecule has 1 heterocycles. The molecule has 4 heteroatoms. The van der Waals surface area contributed by atoms with E-state index in [9.17, 15) is 10.1 Å². The highest BCUT2D eigenvalue weighted by Gasteiger charge is 2.16. The largest absolute Gasteiger partial charge is 0.496 e. The predicted molar refractivity (Wildman–Crippen MR) is 73.1 cm³/mol. The second-order valence-corrected chi connectivity index (χ2v) is 4.29. The van der Waals surface area contributed by atoms with Crippen LogP contribution in [0.15, 0.2) is 35.3 Å². The third kappa shape index (κ3) is 2.11. The van der Waals surface area contributed by atoms with Crippen LogP contribution in [-0.4, -0.2) is 11.7 Å². The van der Waals surface area contributed by atoms with Crippen LogP contribution in [0, 0.1) is 18.3 Å². The lowest BCUT2D eigenvalue weighted by atomic mass is 9.97. The maximum atomic E-state index is 12.0. The standard InChI is InChI=1S/C15H14N2O2/c1-10-9-17(2)15(18)12(8-16)14(10)11-6-4-5-7-13(11)19-3/h4-7,9H,1-3H3. The van der Waals surface area contributed by atoms with E-state index in [-0.39, 0.29) is 11.1 Å². The van der Waals surface area contributed by atoms with Crippen LogP contribution >= 0.6 is 0 Å². The maximum Gasteiger partial charge on any atom is 0.268 e. The number of nitrogens with zero attached hydrogens (tertiary/aromatic N) is 2. The van der Waals surface area contributed by atoms with E-state index < -0.39 is 0 Å². The van der Waals surface area contributed by atoms with Gasteiger partial charge in [0.05, 0.1) is 7.11 Å². The van der Waals surface area contributed by atoms with Gasteiger partial charge in [0.2, 0.25) is 0 Å². The maximum absolute atomic E-state index is 12.0. The monoisotopic (exact) mass is 254 g/mol. The van der Waals surface area contributed by atoms with Gasteiger partial charge in [0, 0.05) is 24.4 Å². The Labute approximate surface area is 111 Å². The van der Waals surface area contributed by atoms with Gasteiger partial charge in [-0.2, -0.15) is 5.26 Å². The van der Waals surface area contributed by atoms with E-state index in [0.717, 1.165) is 11.1 Å². The van der Waals surface area contributed by atoms with Crippen molar-refractivity contribution in [2.75, 3.05) is 7.11 Å². The molecule has 19 heavy (non-hydrogen) atoms. The van der Waals surface area contributed by atoms with Crippen molar-refractivity contribution in [3.63, 3.8) is 0 Å². The van der Waals surface area contributed by atoms with E-state index in [0.29, 0.717) is 11.3 Å². The fourth-order valence-corrected chi connectivity index (χ4v) is 2.20. The second kappa shape index (κ2) is 4.99. The third-order valence-corrected chi connectivity index (χ3v) is 3.05. The summed E-state index contributed by atoms with van der Waals surface area (Å²) in [5.74, 6) is 0.648. The smallest absolute Gasteiger partial charge is 0.268 e. The molecule has 0 saturated carbocycles. The van der Waals surface area contributed by atoms with Gasteiger partial charge in [-0.1, -0.05) is 18.2 Å². The van der Waals surface area contributed by atoms with Gasteiger partial charge in [-0.3, -0.25) is 4.79 Å². The zero-order chi connectivity index (χ0) is 14.0. The van der Waals surface area contributed by atoms with Crippen molar-refractivity contribution in [2.45, 2.75) is 6.92 Å². The van der Waals surface area contributed by atoms with Crippen LogP contribution in [0.4, 0.5) is 0 Å². The van der Waals surface area contributed by atoms with Crippen LogP contribution in [0.1, 0.15) is 11.1 Å². The van der Waals surface area contributed by atoms with Crippen molar-refractivity contribution in [1.29, 1.82) is 5.26 Å². The van der Waals surface area contributed by atoms with Gasteiger partial charge in [-0.05, 0) is 18.6 Å². The quantitative estimate of drug-likeness (QED) is 0.825. The highest BCUT2D eigenvalue weighted by Crippen LogP contribution is 2.32. The molecule has 0 unspecified atom stereocenters. The molecule has 0 aliphatic carbocycles. The van der Waals surface area contributed by atoms with Crippen LogP contribution < -0.4 is 10.3 Å². The Bertz CT molecular complexity index is 724. The molecule has 0 amide bonds. The number of ether oxygens (including phenoxy) is 1. The lowest BCUT2D eigenvalue weighted by Gasteiger charge is -2.13. The summed E-state index contributed by atoms with van der Waals surface area (Å²) in [6, 6.07) is 9.38. The topological polar surface area (TPSA) is 55.0 Å². The first-order valence-corrected chi connectivity index (χ1v) is 5.84. The summed E-state index contributed by atoms with van der Waals surface area (Å²) in [4.78, 5) is 12.0. The molecule has 0 aliphatic heterocycles. The SMILES string of the molecule is COc1ccccc1-c1c(C)cn(C)c(=O)c1C#N. The summed E-state index contributed by atoms with van der Waals surface area (Å²) < 4.78 is 6.73. The minimum absolute atomic E-state index is 0.145. The van der Waals surface area contributed by atoms with Gasteiger partial charge in [0.15, 0.2) is 0 Å². The first-order valence-electron chi connectivity index (χ1n) is 5.84. The number of hydrogen-bond acceptors (Lipinski definition) is 3. The predicted octanol–water partition coefficient (Wildman–Crippen LogP) is 2.24. The molecule has 0 N–H and O–H groups in total. The average Bonchev–Trinajstić information content (AvgIpc) is 2.42. The van der Waals surface area contributed by atoms with Gasteiger partial charge >= 0.3 is 0 Å². The van der Waals surface area contributed by atoms with Crippen molar-refractivity contribution in [3.05, 3.63) is 51.9 Å². The molecule has 0 radical (unpaired) electrons. The van der Waals surface area contributed by atoms with Gasteiger partial charge in [-0.25, -0.2) is 0 Å². The Morgan fingerprint density at radius 3 is 2.63 bits per heavy atom. The first-order chi connectivity index (χ1) is 9.10. The molecule has 0 spiro atoms. The highest BCUT2D eigenvalue weighted by atomic mass is 16.5. The summed E-state index contributed by atoms with van der Waals surface area (Å²) >= 11 is 0. The zero-order valence-corrected chi connectivity index (χ0v) is 11.1. The Kier molecular flexibility index (Phi) is 3.39. The molecule has 96 valence electrons. The molecule has 2 aromatic rings. The number of benzene rings is 1. The van der Waals surface area contributed by atoms with Gasteiger partial charge in [-0.15, -0.1) is 0 Å². The number of pyridine rings is 1. The normalized spacial score (nSPS) is 10.0. The molecule has 1 aromatic heterocycles. The molecule has 0 bridgehead atoms. The Hall–Kier alpha value is -2.54. The number of nitriles is 1. The summed E-state index contributed by atoms with van der Waals surface area (Å²) in [5, 5.41) is 9.27. The van der Waals surface area contributed by atoms with Gasteiger partial charge in [0.1, 0.15) is 17.4 Å². The molecule has 0 aliphatic rings. The van der Waals surface area contributed by atoms with E-state index in [1.807, 2.05) is 37.3 Å². The van der Waals surface area contributed by atoms with Crippen molar-refractivity contribution in [1.82, 2.24) is 4.57 Å². The third-order valence-electron chi connectivity index (χ3n) is 3.05. The number of para-hydroxylation sites is 1. The Morgan fingerprint density at radius 2 is 2.00 bits per heavy atom. The zero-order valence-electron chi connectivity index (χ0n) is 11.1. The minimum Gasteiger partial charge on any atom is -0.496 e. The van der Waals surface area contributed by atoms with Crippen LogP contribution in [0.5, 0.6) is 5.75 Å². The van der Waals surface area contributed by atoms with Crippen LogP contribution in [0.25, 0.3) is 11.1 Å². The number of hydrogen-bond donors (Lipinski definition) is 0. The lowest BCUT2D eigenvalue weighted by molar-refractivity contribution is 0.416. The number of rotatable bonds is 2. The molecular formula is C15H14N2O2. The van der Waals surface area contributed by atoms with Gasteiger partial charge in [0.25, 0.3) is 5.56 Å². The fraction of sp³-hybridized carbons (Fsp3) is 0.200.